The summed E-state index contributed by atoms with van der Waals surface area (Å²) in [6, 6.07) is 4.60. The molecule has 3 aliphatic heterocycles. The molecule has 3 atom stereocenters. The summed E-state index contributed by atoms with van der Waals surface area (Å²) in [6.07, 6.45) is 3.91. The van der Waals surface area contributed by atoms with Crippen LogP contribution < -0.4 is 9.47 Å². The van der Waals surface area contributed by atoms with Crippen molar-refractivity contribution in [3.8, 4) is 11.5 Å². The van der Waals surface area contributed by atoms with Crippen LogP contribution in [-0.2, 0) is 16.8 Å². The average molecular weight is 271 g/mol. The van der Waals surface area contributed by atoms with Gasteiger partial charge in [0, 0.05) is 25.6 Å². The normalized spacial score (nSPS) is 36.7. The molecule has 1 aliphatic carbocycles. The van der Waals surface area contributed by atoms with Crippen LogP contribution in [0.25, 0.3) is 0 Å². The van der Waals surface area contributed by atoms with Crippen LogP contribution in [0.5, 0.6) is 11.5 Å². The highest BCUT2D eigenvalue weighted by atomic mass is 16.7. The molecule has 4 aliphatic rings. The standard InChI is InChI=1S/C16H17NO3/c18-15-3-1-2-14-16(15)4-5-17(14)8-10-6-12-13(7-11(10)16)20-9-19-12/h6-7,14H,1-5,8-9H2. The zero-order chi connectivity index (χ0) is 13.3. The second-order valence-electron chi connectivity index (χ2n) is 6.39. The minimum Gasteiger partial charge on any atom is -0.454 e. The van der Waals surface area contributed by atoms with Crippen molar-refractivity contribution in [1.29, 1.82) is 0 Å². The van der Waals surface area contributed by atoms with Crippen molar-refractivity contribution >= 4 is 5.78 Å². The van der Waals surface area contributed by atoms with Crippen molar-refractivity contribution in [1.82, 2.24) is 4.90 Å². The largest absolute Gasteiger partial charge is 0.454 e. The third-order valence-corrected chi connectivity index (χ3v) is 5.63. The molecule has 4 heteroatoms. The van der Waals surface area contributed by atoms with Gasteiger partial charge in [0.2, 0.25) is 6.79 Å². The van der Waals surface area contributed by atoms with Crippen LogP contribution in [0, 0.1) is 0 Å². The molecule has 20 heavy (non-hydrogen) atoms. The molecule has 0 N–H and O–H groups in total. The molecule has 1 aromatic carbocycles. The SMILES string of the molecule is O=C1CCCC2N3CCC12c1cc2c(cc1C3)OCO2. The third kappa shape index (κ3) is 1.15. The van der Waals surface area contributed by atoms with Crippen LogP contribution >= 0.6 is 0 Å². The second kappa shape index (κ2) is 3.55. The highest BCUT2D eigenvalue weighted by Gasteiger charge is 2.58. The molecular formula is C16H17NO3. The minimum atomic E-state index is -0.257. The lowest BCUT2D eigenvalue weighted by Gasteiger charge is -2.45. The van der Waals surface area contributed by atoms with Crippen LogP contribution in [-0.4, -0.2) is 30.1 Å². The molecule has 1 aromatic rings. The Kier molecular flexibility index (Phi) is 1.98. The lowest BCUT2D eigenvalue weighted by atomic mass is 9.63. The molecule has 0 radical (unpaired) electrons. The maximum Gasteiger partial charge on any atom is 0.231 e. The first-order chi connectivity index (χ1) is 9.79. The highest BCUT2D eigenvalue weighted by molar-refractivity contribution is 5.93. The van der Waals surface area contributed by atoms with Gasteiger partial charge in [0.1, 0.15) is 5.78 Å². The topological polar surface area (TPSA) is 38.8 Å². The number of fused-ring (bicyclic) bond motifs is 2. The van der Waals surface area contributed by atoms with E-state index in [-0.39, 0.29) is 5.41 Å². The highest BCUT2D eigenvalue weighted by Crippen LogP contribution is 2.53. The molecular weight excluding hydrogens is 254 g/mol. The van der Waals surface area contributed by atoms with Gasteiger partial charge >= 0.3 is 0 Å². The van der Waals surface area contributed by atoms with Crippen molar-refractivity contribution in [3.63, 3.8) is 0 Å². The Hall–Kier alpha value is -1.55. The number of nitrogens with zero attached hydrogens (tertiary/aromatic N) is 1. The number of hydrogen-bond donors (Lipinski definition) is 0. The fourth-order valence-electron chi connectivity index (χ4n) is 4.79. The minimum absolute atomic E-state index is 0.257. The zero-order valence-corrected chi connectivity index (χ0v) is 11.4. The van der Waals surface area contributed by atoms with E-state index in [1.165, 1.54) is 11.1 Å². The van der Waals surface area contributed by atoms with Crippen molar-refractivity contribution in [2.24, 2.45) is 0 Å². The predicted molar refractivity (Wildman–Crippen MR) is 71.9 cm³/mol. The van der Waals surface area contributed by atoms with E-state index in [9.17, 15) is 4.79 Å². The number of rotatable bonds is 0. The van der Waals surface area contributed by atoms with Gasteiger partial charge in [-0.2, -0.15) is 0 Å². The van der Waals surface area contributed by atoms with Crippen LogP contribution in [0.2, 0.25) is 0 Å². The van der Waals surface area contributed by atoms with Crippen LogP contribution in [0.4, 0.5) is 0 Å². The lowest BCUT2D eigenvalue weighted by Crippen LogP contribution is -2.53. The maximum atomic E-state index is 12.8. The predicted octanol–water partition coefficient (Wildman–Crippen LogP) is 1.99. The Balaban J connectivity index is 1.76. The van der Waals surface area contributed by atoms with E-state index in [1.807, 2.05) is 0 Å². The molecule has 5 rings (SSSR count). The van der Waals surface area contributed by atoms with Crippen LogP contribution in [0.15, 0.2) is 12.1 Å². The van der Waals surface area contributed by atoms with Gasteiger partial charge in [-0.3, -0.25) is 9.69 Å². The van der Waals surface area contributed by atoms with Crippen LogP contribution in [0.1, 0.15) is 36.8 Å². The second-order valence-corrected chi connectivity index (χ2v) is 6.39. The smallest absolute Gasteiger partial charge is 0.231 e. The molecule has 0 amide bonds. The molecule has 3 unspecified atom stereocenters. The summed E-state index contributed by atoms with van der Waals surface area (Å²) in [4.78, 5) is 15.3. The van der Waals surface area contributed by atoms with E-state index in [1.54, 1.807) is 0 Å². The summed E-state index contributed by atoms with van der Waals surface area (Å²) in [7, 11) is 0. The van der Waals surface area contributed by atoms with E-state index in [0.29, 0.717) is 18.6 Å². The Bertz CT molecular complexity index is 626. The molecule has 1 saturated carbocycles. The molecule has 3 heterocycles. The lowest BCUT2D eigenvalue weighted by molar-refractivity contribution is -0.128. The van der Waals surface area contributed by atoms with Gasteiger partial charge in [-0.05, 0) is 42.5 Å². The first-order valence-corrected chi connectivity index (χ1v) is 7.49. The van der Waals surface area contributed by atoms with Gasteiger partial charge in [-0.1, -0.05) is 0 Å². The Labute approximate surface area is 117 Å². The van der Waals surface area contributed by atoms with Crippen LogP contribution in [0.3, 0.4) is 0 Å². The fraction of sp³-hybridized carbons (Fsp3) is 0.562. The molecule has 4 nitrogen and oxygen atoms in total. The third-order valence-electron chi connectivity index (χ3n) is 5.63. The van der Waals surface area contributed by atoms with Gasteiger partial charge in [-0.25, -0.2) is 0 Å². The molecule has 2 fully saturated rings. The van der Waals surface area contributed by atoms with E-state index >= 15 is 0 Å². The molecule has 2 bridgehead atoms. The summed E-state index contributed by atoms with van der Waals surface area (Å²) in [5.41, 5.74) is 2.23. The van der Waals surface area contributed by atoms with Gasteiger partial charge < -0.3 is 9.47 Å². The number of carbonyl (C=O) groups is 1. The molecule has 104 valence electrons. The number of carbonyl (C=O) groups excluding carboxylic acids is 1. The number of ketones is 1. The Morgan fingerprint density at radius 1 is 1.25 bits per heavy atom. The van der Waals surface area contributed by atoms with E-state index in [0.717, 1.165) is 50.3 Å². The van der Waals surface area contributed by atoms with Crippen molar-refractivity contribution < 1.29 is 14.3 Å². The van der Waals surface area contributed by atoms with Crippen molar-refractivity contribution in [2.45, 2.75) is 43.7 Å². The van der Waals surface area contributed by atoms with E-state index < -0.39 is 0 Å². The Morgan fingerprint density at radius 3 is 3.00 bits per heavy atom. The summed E-state index contributed by atoms with van der Waals surface area (Å²) < 4.78 is 11.0. The summed E-state index contributed by atoms with van der Waals surface area (Å²) in [6.45, 7) is 2.29. The number of hydrogen-bond acceptors (Lipinski definition) is 4. The quantitative estimate of drug-likeness (QED) is 0.723. The fourth-order valence-corrected chi connectivity index (χ4v) is 4.79. The zero-order valence-electron chi connectivity index (χ0n) is 11.4. The van der Waals surface area contributed by atoms with Gasteiger partial charge in [-0.15, -0.1) is 0 Å². The first kappa shape index (κ1) is 11.1. The monoisotopic (exact) mass is 271 g/mol. The van der Waals surface area contributed by atoms with Gasteiger partial charge in [0.15, 0.2) is 11.5 Å². The maximum absolute atomic E-state index is 12.8. The molecule has 0 spiro atoms. The van der Waals surface area contributed by atoms with E-state index in [4.69, 9.17) is 9.47 Å². The molecule has 1 saturated heterocycles. The average Bonchev–Trinajstić information content (AvgIpc) is 3.01. The Morgan fingerprint density at radius 2 is 2.10 bits per heavy atom. The van der Waals surface area contributed by atoms with Crippen molar-refractivity contribution in [2.75, 3.05) is 13.3 Å². The van der Waals surface area contributed by atoms with Crippen molar-refractivity contribution in [3.05, 3.63) is 23.3 Å². The summed E-state index contributed by atoms with van der Waals surface area (Å²) in [5, 5.41) is 0. The summed E-state index contributed by atoms with van der Waals surface area (Å²) >= 11 is 0. The number of Topliss-reactive ketones (excluding diaryl/α,β-unsaturated/α-hetero) is 1. The van der Waals surface area contributed by atoms with Gasteiger partial charge in [0.25, 0.3) is 0 Å². The molecule has 0 aromatic heterocycles. The number of benzene rings is 1. The van der Waals surface area contributed by atoms with E-state index in [2.05, 4.69) is 17.0 Å². The first-order valence-electron chi connectivity index (χ1n) is 7.49. The van der Waals surface area contributed by atoms with Gasteiger partial charge in [0.05, 0.1) is 5.41 Å². The number of ether oxygens (including phenoxy) is 2. The summed E-state index contributed by atoms with van der Waals surface area (Å²) in [5.74, 6) is 2.09.